The molecular formula is C19H24ClN3OS. The Morgan fingerprint density at radius 3 is 2.88 bits per heavy atom. The molecule has 0 saturated carbocycles. The van der Waals surface area contributed by atoms with Gasteiger partial charge in [0.25, 0.3) is 0 Å². The van der Waals surface area contributed by atoms with Crippen molar-refractivity contribution in [2.45, 2.75) is 50.6 Å². The lowest BCUT2D eigenvalue weighted by Crippen LogP contribution is -2.41. The smallest absolute Gasteiger partial charge is 0.237 e. The molecule has 0 bridgehead atoms. The molecule has 0 unspecified atom stereocenters. The molecule has 0 radical (unpaired) electrons. The minimum Gasteiger partial charge on any atom is -0.354 e. The summed E-state index contributed by atoms with van der Waals surface area (Å²) < 4.78 is 0. The number of thiazole rings is 1. The number of nitrogens with one attached hydrogen (secondary N) is 2. The van der Waals surface area contributed by atoms with Gasteiger partial charge >= 0.3 is 0 Å². The molecule has 1 fully saturated rings. The van der Waals surface area contributed by atoms with Crippen LogP contribution in [-0.4, -0.2) is 23.5 Å². The zero-order valence-corrected chi connectivity index (χ0v) is 15.8. The van der Waals surface area contributed by atoms with Crippen molar-refractivity contribution in [3.8, 4) is 0 Å². The Kier molecular flexibility index (Phi) is 6.10. The van der Waals surface area contributed by atoms with Gasteiger partial charge in [-0.25, -0.2) is 4.98 Å². The minimum atomic E-state index is -0.0727. The predicted molar refractivity (Wildman–Crippen MR) is 103 cm³/mol. The van der Waals surface area contributed by atoms with E-state index in [9.17, 15) is 4.79 Å². The molecule has 2 atom stereocenters. The Morgan fingerprint density at radius 2 is 2.08 bits per heavy atom. The molecule has 1 saturated heterocycles. The van der Waals surface area contributed by atoms with Crippen LogP contribution < -0.4 is 10.6 Å². The predicted octanol–water partition coefficient (Wildman–Crippen LogP) is 3.21. The number of carbonyl (C=O) groups is 1. The molecule has 1 aliphatic carbocycles. The Balaban J connectivity index is 0.00000182. The zero-order chi connectivity index (χ0) is 16.4. The molecule has 6 heteroatoms. The van der Waals surface area contributed by atoms with Gasteiger partial charge < -0.3 is 5.32 Å². The molecule has 2 aromatic rings. The normalized spacial score (nSPS) is 21.6. The lowest BCUT2D eigenvalue weighted by molar-refractivity contribution is -0.122. The summed E-state index contributed by atoms with van der Waals surface area (Å²) >= 11 is 1.83. The summed E-state index contributed by atoms with van der Waals surface area (Å²) in [6, 6.07) is 10.6. The molecule has 4 nitrogen and oxygen atoms in total. The summed E-state index contributed by atoms with van der Waals surface area (Å²) in [6.07, 6.45) is 6.33. The van der Waals surface area contributed by atoms with Crippen LogP contribution >= 0.6 is 23.7 Å². The number of benzene rings is 1. The van der Waals surface area contributed by atoms with Gasteiger partial charge in [0.15, 0.2) is 0 Å². The van der Waals surface area contributed by atoms with Crippen LogP contribution in [-0.2, 0) is 24.1 Å². The molecule has 1 aromatic heterocycles. The number of rotatable bonds is 5. The third-order valence-electron chi connectivity index (χ3n) is 4.94. The number of aromatic nitrogens is 1. The second-order valence-corrected chi connectivity index (χ2v) is 7.80. The van der Waals surface area contributed by atoms with Crippen molar-refractivity contribution in [1.82, 2.24) is 15.6 Å². The van der Waals surface area contributed by atoms with Crippen molar-refractivity contribution in [2.75, 3.05) is 6.54 Å². The second kappa shape index (κ2) is 8.30. The van der Waals surface area contributed by atoms with Crippen molar-refractivity contribution in [2.24, 2.45) is 0 Å². The molecular weight excluding hydrogens is 354 g/mol. The van der Waals surface area contributed by atoms with Crippen LogP contribution in [0, 0.1) is 0 Å². The van der Waals surface area contributed by atoms with Crippen molar-refractivity contribution >= 4 is 29.7 Å². The van der Waals surface area contributed by atoms with Crippen LogP contribution in [0.1, 0.15) is 46.4 Å². The fraction of sp³-hybridized carbons (Fsp3) is 0.474. The van der Waals surface area contributed by atoms with Crippen LogP contribution in [0.3, 0.4) is 0 Å². The zero-order valence-electron chi connectivity index (χ0n) is 14.2. The van der Waals surface area contributed by atoms with Gasteiger partial charge in [0.2, 0.25) is 5.91 Å². The van der Waals surface area contributed by atoms with E-state index in [1.807, 2.05) is 17.4 Å². The number of hydrogen-bond donors (Lipinski definition) is 2. The van der Waals surface area contributed by atoms with Crippen LogP contribution in [0.2, 0.25) is 0 Å². The van der Waals surface area contributed by atoms with Gasteiger partial charge in [-0.1, -0.05) is 30.3 Å². The van der Waals surface area contributed by atoms with E-state index >= 15 is 0 Å². The molecule has 134 valence electrons. The van der Waals surface area contributed by atoms with Gasteiger partial charge in [0, 0.05) is 23.9 Å². The molecule has 2 aliphatic rings. The molecule has 1 aliphatic heterocycles. The van der Waals surface area contributed by atoms with Crippen LogP contribution in [0.4, 0.5) is 0 Å². The largest absolute Gasteiger partial charge is 0.354 e. The van der Waals surface area contributed by atoms with E-state index in [0.29, 0.717) is 12.6 Å². The second-order valence-electron chi connectivity index (χ2n) is 6.63. The summed E-state index contributed by atoms with van der Waals surface area (Å²) in [5.41, 5.74) is 2.56. The number of fused-ring (bicyclic) bond motifs is 1. The van der Waals surface area contributed by atoms with Crippen LogP contribution in [0.5, 0.6) is 0 Å². The van der Waals surface area contributed by atoms with Crippen LogP contribution in [0.15, 0.2) is 30.3 Å². The fourth-order valence-corrected chi connectivity index (χ4v) is 4.82. The molecule has 1 aromatic carbocycles. The first-order chi connectivity index (χ1) is 11.8. The van der Waals surface area contributed by atoms with E-state index in [-0.39, 0.29) is 24.4 Å². The highest BCUT2D eigenvalue weighted by Crippen LogP contribution is 2.28. The maximum absolute atomic E-state index is 12.4. The van der Waals surface area contributed by atoms with Gasteiger partial charge in [-0.05, 0) is 37.7 Å². The topological polar surface area (TPSA) is 54.0 Å². The SMILES string of the molecule is Cl.O=C(NCCc1nc2c(s1)CCC2)[C@H]1CC[C@H](c2ccccc2)N1. The number of carbonyl (C=O) groups excluding carboxylic acids is 1. The summed E-state index contributed by atoms with van der Waals surface area (Å²) in [5.74, 6) is 0.123. The quantitative estimate of drug-likeness (QED) is 0.841. The molecule has 2 heterocycles. The van der Waals surface area contributed by atoms with E-state index in [2.05, 4.69) is 39.9 Å². The maximum atomic E-state index is 12.4. The van der Waals surface area contributed by atoms with Crippen LogP contribution in [0.25, 0.3) is 0 Å². The average molecular weight is 378 g/mol. The average Bonchev–Trinajstić information content (AvgIpc) is 3.31. The van der Waals surface area contributed by atoms with Gasteiger partial charge in [0.05, 0.1) is 16.7 Å². The van der Waals surface area contributed by atoms with Crippen molar-refractivity contribution in [3.63, 3.8) is 0 Å². The number of amides is 1. The first-order valence-corrected chi connectivity index (χ1v) is 9.67. The number of aryl methyl sites for hydroxylation is 2. The van der Waals surface area contributed by atoms with Gasteiger partial charge in [-0.2, -0.15) is 0 Å². The molecule has 2 N–H and O–H groups in total. The van der Waals surface area contributed by atoms with E-state index in [0.717, 1.165) is 25.7 Å². The summed E-state index contributed by atoms with van der Waals surface area (Å²) in [7, 11) is 0. The van der Waals surface area contributed by atoms with Crippen molar-refractivity contribution in [1.29, 1.82) is 0 Å². The third kappa shape index (κ3) is 4.22. The number of nitrogens with zero attached hydrogens (tertiary/aromatic N) is 1. The highest BCUT2D eigenvalue weighted by Gasteiger charge is 2.29. The summed E-state index contributed by atoms with van der Waals surface area (Å²) in [6.45, 7) is 0.680. The van der Waals surface area contributed by atoms with Gasteiger partial charge in [-0.15, -0.1) is 23.7 Å². The fourth-order valence-electron chi connectivity index (χ4n) is 3.66. The number of hydrogen-bond acceptors (Lipinski definition) is 4. The monoisotopic (exact) mass is 377 g/mol. The van der Waals surface area contributed by atoms with Crippen molar-refractivity contribution < 1.29 is 4.79 Å². The highest BCUT2D eigenvalue weighted by molar-refractivity contribution is 7.11. The minimum absolute atomic E-state index is 0. The maximum Gasteiger partial charge on any atom is 0.237 e. The Hall–Kier alpha value is -1.43. The lowest BCUT2D eigenvalue weighted by atomic mass is 10.1. The standard InChI is InChI=1S/C19H23N3OS.ClH/c23-19(16-10-9-14(21-16)13-5-2-1-3-6-13)20-12-11-18-22-15-7-4-8-17(15)24-18;/h1-3,5-6,14,16,21H,4,7-12H2,(H,20,23);1H/t14-,16-;/m1./s1. The molecule has 1 amide bonds. The van der Waals surface area contributed by atoms with E-state index < -0.39 is 0 Å². The Bertz CT molecular complexity index is 697. The number of halogens is 1. The molecule has 25 heavy (non-hydrogen) atoms. The van der Waals surface area contributed by atoms with Gasteiger partial charge in [-0.3, -0.25) is 10.1 Å². The lowest BCUT2D eigenvalue weighted by Gasteiger charge is -2.14. The highest BCUT2D eigenvalue weighted by atomic mass is 35.5. The Morgan fingerprint density at radius 1 is 1.24 bits per heavy atom. The first-order valence-electron chi connectivity index (χ1n) is 8.86. The van der Waals surface area contributed by atoms with E-state index in [4.69, 9.17) is 0 Å². The third-order valence-corrected chi connectivity index (χ3v) is 6.16. The summed E-state index contributed by atoms with van der Waals surface area (Å²) in [4.78, 5) is 18.5. The van der Waals surface area contributed by atoms with Gasteiger partial charge in [0.1, 0.15) is 0 Å². The molecule has 4 rings (SSSR count). The molecule has 0 spiro atoms. The first kappa shape index (κ1) is 18.4. The Labute approximate surface area is 158 Å². The van der Waals surface area contributed by atoms with E-state index in [1.165, 1.54) is 34.0 Å². The van der Waals surface area contributed by atoms with Crippen molar-refractivity contribution in [3.05, 3.63) is 51.5 Å². The van der Waals surface area contributed by atoms with E-state index in [1.54, 1.807) is 0 Å². The summed E-state index contributed by atoms with van der Waals surface area (Å²) in [5, 5.41) is 7.71.